The minimum absolute atomic E-state index is 0.287. The summed E-state index contributed by atoms with van der Waals surface area (Å²) in [4.78, 5) is 0. The SMILES string of the molecule is OCCCCC(S)c1ccccc1. The van der Waals surface area contributed by atoms with Gasteiger partial charge in [0.2, 0.25) is 0 Å². The number of aliphatic hydroxyl groups excluding tert-OH is 1. The van der Waals surface area contributed by atoms with Crippen molar-refractivity contribution in [1.82, 2.24) is 0 Å². The second-order valence-corrected chi connectivity index (χ2v) is 3.77. The lowest BCUT2D eigenvalue weighted by molar-refractivity contribution is 0.283. The summed E-state index contributed by atoms with van der Waals surface area (Å²) in [7, 11) is 0. The Bertz CT molecular complexity index is 223. The summed E-state index contributed by atoms with van der Waals surface area (Å²) in [6.07, 6.45) is 2.96. The summed E-state index contributed by atoms with van der Waals surface area (Å²) in [5.41, 5.74) is 1.27. The normalized spacial score (nSPS) is 12.8. The third kappa shape index (κ3) is 3.83. The molecule has 1 aromatic rings. The average Bonchev–Trinajstić information content (AvgIpc) is 2.19. The first-order valence-electron chi connectivity index (χ1n) is 4.68. The number of aliphatic hydroxyl groups is 1. The lowest BCUT2D eigenvalue weighted by atomic mass is 10.1. The zero-order chi connectivity index (χ0) is 9.52. The maximum absolute atomic E-state index is 8.62. The third-order valence-electron chi connectivity index (χ3n) is 2.07. The van der Waals surface area contributed by atoms with Crippen LogP contribution in [0.3, 0.4) is 0 Å². The molecule has 1 rings (SSSR count). The first kappa shape index (κ1) is 10.6. The molecule has 1 N–H and O–H groups in total. The Balaban J connectivity index is 2.35. The Morgan fingerprint density at radius 2 is 1.85 bits per heavy atom. The molecule has 0 amide bonds. The highest BCUT2D eigenvalue weighted by Crippen LogP contribution is 2.24. The summed E-state index contributed by atoms with van der Waals surface area (Å²) >= 11 is 4.51. The molecular weight excluding hydrogens is 180 g/mol. The van der Waals surface area contributed by atoms with Crippen LogP contribution in [0.4, 0.5) is 0 Å². The smallest absolute Gasteiger partial charge is 0.0431 e. The van der Waals surface area contributed by atoms with E-state index in [9.17, 15) is 0 Å². The fraction of sp³-hybridized carbons (Fsp3) is 0.455. The first-order valence-corrected chi connectivity index (χ1v) is 5.20. The molecule has 2 heteroatoms. The third-order valence-corrected chi connectivity index (χ3v) is 2.63. The molecular formula is C11H16OS. The maximum Gasteiger partial charge on any atom is 0.0431 e. The number of hydrogen-bond donors (Lipinski definition) is 2. The van der Waals surface area contributed by atoms with E-state index in [0.29, 0.717) is 5.25 Å². The van der Waals surface area contributed by atoms with E-state index >= 15 is 0 Å². The van der Waals surface area contributed by atoms with Crippen LogP contribution in [0, 0.1) is 0 Å². The van der Waals surface area contributed by atoms with Crippen molar-refractivity contribution in [1.29, 1.82) is 0 Å². The fourth-order valence-corrected chi connectivity index (χ4v) is 1.65. The molecule has 1 aromatic carbocycles. The van der Waals surface area contributed by atoms with E-state index in [0.717, 1.165) is 19.3 Å². The van der Waals surface area contributed by atoms with Crippen LogP contribution in [-0.4, -0.2) is 11.7 Å². The maximum atomic E-state index is 8.62. The molecule has 0 fully saturated rings. The number of unbranched alkanes of at least 4 members (excludes halogenated alkanes) is 1. The van der Waals surface area contributed by atoms with Crippen LogP contribution in [0.2, 0.25) is 0 Å². The van der Waals surface area contributed by atoms with Crippen LogP contribution in [0.15, 0.2) is 30.3 Å². The van der Waals surface area contributed by atoms with E-state index in [2.05, 4.69) is 24.8 Å². The van der Waals surface area contributed by atoms with Crippen LogP contribution >= 0.6 is 12.6 Å². The largest absolute Gasteiger partial charge is 0.396 e. The quantitative estimate of drug-likeness (QED) is 0.548. The number of thiol groups is 1. The van der Waals surface area contributed by atoms with Crippen molar-refractivity contribution >= 4 is 12.6 Å². The molecule has 0 aliphatic rings. The number of rotatable bonds is 5. The Morgan fingerprint density at radius 3 is 2.46 bits per heavy atom. The van der Waals surface area contributed by atoms with Crippen LogP contribution < -0.4 is 0 Å². The van der Waals surface area contributed by atoms with Gasteiger partial charge in [0, 0.05) is 11.9 Å². The van der Waals surface area contributed by atoms with Crippen LogP contribution in [0.25, 0.3) is 0 Å². The van der Waals surface area contributed by atoms with Gasteiger partial charge in [-0.25, -0.2) is 0 Å². The van der Waals surface area contributed by atoms with Crippen molar-refractivity contribution in [3.05, 3.63) is 35.9 Å². The fourth-order valence-electron chi connectivity index (χ4n) is 1.29. The van der Waals surface area contributed by atoms with E-state index in [-0.39, 0.29) is 6.61 Å². The van der Waals surface area contributed by atoms with Gasteiger partial charge in [-0.05, 0) is 24.8 Å². The molecule has 0 bridgehead atoms. The topological polar surface area (TPSA) is 20.2 Å². The van der Waals surface area contributed by atoms with E-state index in [1.807, 2.05) is 18.2 Å². The van der Waals surface area contributed by atoms with Gasteiger partial charge < -0.3 is 5.11 Å². The zero-order valence-electron chi connectivity index (χ0n) is 7.69. The minimum atomic E-state index is 0.287. The molecule has 1 atom stereocenters. The highest BCUT2D eigenvalue weighted by Gasteiger charge is 2.04. The predicted octanol–water partition coefficient (Wildman–Crippen LogP) is 2.82. The molecule has 0 radical (unpaired) electrons. The van der Waals surface area contributed by atoms with E-state index < -0.39 is 0 Å². The van der Waals surface area contributed by atoms with Crippen molar-refractivity contribution in [2.45, 2.75) is 24.5 Å². The van der Waals surface area contributed by atoms with E-state index in [4.69, 9.17) is 5.11 Å². The van der Waals surface area contributed by atoms with Gasteiger partial charge in [-0.2, -0.15) is 12.6 Å². The molecule has 0 aliphatic carbocycles. The number of benzene rings is 1. The molecule has 0 saturated carbocycles. The summed E-state index contributed by atoms with van der Waals surface area (Å²) < 4.78 is 0. The highest BCUT2D eigenvalue weighted by atomic mass is 32.1. The zero-order valence-corrected chi connectivity index (χ0v) is 8.58. The van der Waals surface area contributed by atoms with Crippen molar-refractivity contribution < 1.29 is 5.11 Å². The summed E-state index contributed by atoms with van der Waals surface area (Å²) in [6, 6.07) is 10.3. The molecule has 13 heavy (non-hydrogen) atoms. The van der Waals surface area contributed by atoms with Crippen molar-refractivity contribution in [2.24, 2.45) is 0 Å². The molecule has 0 aliphatic heterocycles. The second-order valence-electron chi connectivity index (χ2n) is 3.15. The molecule has 1 unspecified atom stereocenters. The lowest BCUT2D eigenvalue weighted by Crippen LogP contribution is -1.91. The van der Waals surface area contributed by atoms with Crippen molar-refractivity contribution in [2.75, 3.05) is 6.61 Å². The molecule has 0 aromatic heterocycles. The van der Waals surface area contributed by atoms with E-state index in [1.165, 1.54) is 5.56 Å². The molecule has 1 nitrogen and oxygen atoms in total. The summed E-state index contributed by atoms with van der Waals surface area (Å²) in [6.45, 7) is 0.287. The Hall–Kier alpha value is -0.470. The number of hydrogen-bond acceptors (Lipinski definition) is 2. The molecule has 72 valence electrons. The summed E-state index contributed by atoms with van der Waals surface area (Å²) in [5.74, 6) is 0. The average molecular weight is 196 g/mol. The second kappa shape index (κ2) is 6.06. The van der Waals surface area contributed by atoms with Gasteiger partial charge in [0.05, 0.1) is 0 Å². The molecule has 0 heterocycles. The van der Waals surface area contributed by atoms with Crippen LogP contribution in [-0.2, 0) is 0 Å². The highest BCUT2D eigenvalue weighted by molar-refractivity contribution is 7.80. The van der Waals surface area contributed by atoms with Gasteiger partial charge in [0.15, 0.2) is 0 Å². The van der Waals surface area contributed by atoms with Gasteiger partial charge in [-0.1, -0.05) is 30.3 Å². The lowest BCUT2D eigenvalue weighted by Gasteiger charge is -2.09. The molecule has 0 saturated heterocycles. The van der Waals surface area contributed by atoms with Gasteiger partial charge in [0.25, 0.3) is 0 Å². The van der Waals surface area contributed by atoms with Crippen molar-refractivity contribution in [3.63, 3.8) is 0 Å². The predicted molar refractivity (Wildman–Crippen MR) is 59.1 cm³/mol. The van der Waals surface area contributed by atoms with E-state index in [1.54, 1.807) is 0 Å². The monoisotopic (exact) mass is 196 g/mol. The van der Waals surface area contributed by atoms with Crippen molar-refractivity contribution in [3.8, 4) is 0 Å². The standard InChI is InChI=1S/C11H16OS/c12-9-5-4-8-11(13)10-6-2-1-3-7-10/h1-3,6-7,11-13H,4-5,8-9H2. The van der Waals surface area contributed by atoms with Gasteiger partial charge in [0.1, 0.15) is 0 Å². The Morgan fingerprint density at radius 1 is 1.15 bits per heavy atom. The Kier molecular flexibility index (Phi) is 4.94. The van der Waals surface area contributed by atoms with Crippen LogP contribution in [0.1, 0.15) is 30.1 Å². The first-order chi connectivity index (χ1) is 6.34. The Labute approximate surface area is 85.2 Å². The van der Waals surface area contributed by atoms with Gasteiger partial charge >= 0.3 is 0 Å². The van der Waals surface area contributed by atoms with Crippen LogP contribution in [0.5, 0.6) is 0 Å². The van der Waals surface area contributed by atoms with Gasteiger partial charge in [-0.15, -0.1) is 0 Å². The summed E-state index contributed by atoms with van der Waals surface area (Å²) in [5, 5.41) is 8.94. The molecule has 0 spiro atoms. The minimum Gasteiger partial charge on any atom is -0.396 e. The van der Waals surface area contributed by atoms with Gasteiger partial charge in [-0.3, -0.25) is 0 Å².